The minimum atomic E-state index is -0.622. The third-order valence-corrected chi connectivity index (χ3v) is 5.37. The van der Waals surface area contributed by atoms with Crippen LogP contribution in [-0.4, -0.2) is 45.3 Å². The lowest BCUT2D eigenvalue weighted by Crippen LogP contribution is -2.13. The van der Waals surface area contributed by atoms with Crippen molar-refractivity contribution < 1.29 is 33.3 Å². The highest BCUT2D eigenvalue weighted by molar-refractivity contribution is 7.18. The zero-order chi connectivity index (χ0) is 23.0. The van der Waals surface area contributed by atoms with Crippen molar-refractivity contribution in [2.75, 3.05) is 32.8 Å². The van der Waals surface area contributed by atoms with E-state index in [2.05, 4.69) is 5.32 Å². The normalized spacial score (nSPS) is 10.6. The lowest BCUT2D eigenvalue weighted by molar-refractivity contribution is -0.111. The maximum absolute atomic E-state index is 12.5. The number of benzene rings is 1. The molecule has 1 amide bonds. The number of thiophene rings is 1. The number of nitrogens with one attached hydrogen (secondary N) is 1. The van der Waals surface area contributed by atoms with E-state index in [1.165, 1.54) is 13.2 Å². The van der Waals surface area contributed by atoms with Crippen LogP contribution >= 0.6 is 11.3 Å². The molecule has 1 heterocycles. The molecule has 0 radical (unpaired) electrons. The van der Waals surface area contributed by atoms with E-state index in [4.69, 9.17) is 18.9 Å². The van der Waals surface area contributed by atoms with Gasteiger partial charge in [0.05, 0.1) is 33.0 Å². The average molecular weight is 448 g/mol. The van der Waals surface area contributed by atoms with E-state index in [-0.39, 0.29) is 28.7 Å². The van der Waals surface area contributed by atoms with E-state index >= 15 is 0 Å². The monoisotopic (exact) mass is 447 g/mol. The Hall–Kier alpha value is -3.33. The molecule has 2 aromatic rings. The number of hydrogen-bond donors (Lipinski definition) is 1. The van der Waals surface area contributed by atoms with E-state index in [1.807, 2.05) is 0 Å². The van der Waals surface area contributed by atoms with Crippen molar-refractivity contribution in [3.05, 3.63) is 45.8 Å². The summed E-state index contributed by atoms with van der Waals surface area (Å²) in [7, 11) is 3.07. The Morgan fingerprint density at radius 3 is 2.32 bits per heavy atom. The molecule has 0 aliphatic heterocycles. The molecule has 0 saturated carbocycles. The van der Waals surface area contributed by atoms with E-state index in [0.29, 0.717) is 22.6 Å². The molecule has 0 aliphatic rings. The second-order valence-corrected chi connectivity index (χ2v) is 7.15. The van der Waals surface area contributed by atoms with Gasteiger partial charge in [0, 0.05) is 17.7 Å². The first-order valence-electron chi connectivity index (χ1n) is 9.54. The highest BCUT2D eigenvalue weighted by Crippen LogP contribution is 2.34. The fraction of sp³-hybridized carbons (Fsp3) is 0.318. The zero-order valence-electron chi connectivity index (χ0n) is 18.1. The first-order chi connectivity index (χ1) is 14.9. The number of methoxy groups -OCH3 is 2. The molecule has 166 valence electrons. The van der Waals surface area contributed by atoms with Gasteiger partial charge in [-0.05, 0) is 44.5 Å². The Morgan fingerprint density at radius 2 is 1.71 bits per heavy atom. The number of rotatable bonds is 9. The summed E-state index contributed by atoms with van der Waals surface area (Å²) in [6, 6.07) is 5.19. The third kappa shape index (κ3) is 5.85. The largest absolute Gasteiger partial charge is 0.497 e. The van der Waals surface area contributed by atoms with Crippen LogP contribution in [0.2, 0.25) is 0 Å². The van der Waals surface area contributed by atoms with Gasteiger partial charge in [0.2, 0.25) is 5.91 Å². The number of carbonyl (C=O) groups excluding carboxylic acids is 3. The Kier molecular flexibility index (Phi) is 8.63. The molecule has 0 saturated heterocycles. The van der Waals surface area contributed by atoms with Gasteiger partial charge >= 0.3 is 11.9 Å². The molecular formula is C22H25NO7S. The fourth-order valence-electron chi connectivity index (χ4n) is 2.72. The van der Waals surface area contributed by atoms with Gasteiger partial charge in [-0.25, -0.2) is 9.59 Å². The molecule has 0 fully saturated rings. The molecule has 2 rings (SSSR count). The molecule has 1 aromatic carbocycles. The minimum absolute atomic E-state index is 0.138. The van der Waals surface area contributed by atoms with E-state index in [0.717, 1.165) is 11.3 Å². The summed E-state index contributed by atoms with van der Waals surface area (Å²) in [4.78, 5) is 37.4. The standard InChI is InChI=1S/C22H25NO7S/c1-6-29-21(25)18-13(3)19(22(26)30-7-2)31-20(18)23-17(24)11-9-14-8-10-15(27-4)12-16(14)28-5/h8-12H,6-7H2,1-5H3,(H,23,24). The average Bonchev–Trinajstić information content (AvgIpc) is 3.08. The second-order valence-electron chi connectivity index (χ2n) is 6.13. The van der Waals surface area contributed by atoms with Crippen LogP contribution in [0.25, 0.3) is 6.08 Å². The first-order valence-corrected chi connectivity index (χ1v) is 10.4. The van der Waals surface area contributed by atoms with Crippen LogP contribution < -0.4 is 14.8 Å². The molecule has 1 N–H and O–H groups in total. The Balaban J connectivity index is 2.31. The van der Waals surface area contributed by atoms with Gasteiger partial charge < -0.3 is 24.3 Å². The SMILES string of the molecule is CCOC(=O)c1sc(NC(=O)C=Cc2ccc(OC)cc2OC)c(C(=O)OCC)c1C. The topological polar surface area (TPSA) is 100 Å². The van der Waals surface area contributed by atoms with Crippen LogP contribution in [0, 0.1) is 6.92 Å². The summed E-state index contributed by atoms with van der Waals surface area (Å²) in [6.45, 7) is 5.33. The van der Waals surface area contributed by atoms with Gasteiger partial charge in [-0.3, -0.25) is 4.79 Å². The first kappa shape index (κ1) is 23.9. The van der Waals surface area contributed by atoms with Gasteiger partial charge in [-0.15, -0.1) is 11.3 Å². The van der Waals surface area contributed by atoms with Gasteiger partial charge in [0.15, 0.2) is 0 Å². The molecule has 0 bridgehead atoms. The van der Waals surface area contributed by atoms with E-state index in [1.54, 1.807) is 52.2 Å². The Morgan fingerprint density at radius 1 is 1.03 bits per heavy atom. The van der Waals surface area contributed by atoms with Crippen molar-refractivity contribution in [3.8, 4) is 11.5 Å². The number of hydrogen-bond acceptors (Lipinski definition) is 8. The summed E-state index contributed by atoms with van der Waals surface area (Å²) < 4.78 is 20.6. The predicted octanol–water partition coefficient (Wildman–Crippen LogP) is 4.08. The van der Waals surface area contributed by atoms with Crippen molar-refractivity contribution in [3.63, 3.8) is 0 Å². The Labute approximate surface area is 184 Å². The summed E-state index contributed by atoms with van der Waals surface area (Å²) >= 11 is 0.969. The molecule has 9 heteroatoms. The zero-order valence-corrected chi connectivity index (χ0v) is 18.9. The summed E-state index contributed by atoms with van der Waals surface area (Å²) in [5, 5.41) is 2.87. The lowest BCUT2D eigenvalue weighted by Gasteiger charge is -2.07. The van der Waals surface area contributed by atoms with Crippen LogP contribution in [0.5, 0.6) is 11.5 Å². The van der Waals surface area contributed by atoms with Gasteiger partial charge in [-0.1, -0.05) is 0 Å². The van der Waals surface area contributed by atoms with Crippen LogP contribution in [0.15, 0.2) is 24.3 Å². The number of anilines is 1. The van der Waals surface area contributed by atoms with Crippen LogP contribution in [0.1, 0.15) is 45.0 Å². The lowest BCUT2D eigenvalue weighted by atomic mass is 10.1. The number of amides is 1. The van der Waals surface area contributed by atoms with Crippen molar-refractivity contribution in [2.24, 2.45) is 0 Å². The molecule has 0 aliphatic carbocycles. The third-order valence-electron chi connectivity index (χ3n) is 4.18. The summed E-state index contributed by atoms with van der Waals surface area (Å²) in [6.07, 6.45) is 2.88. The summed E-state index contributed by atoms with van der Waals surface area (Å²) in [5.41, 5.74) is 1.20. The second kappa shape index (κ2) is 11.2. The highest BCUT2D eigenvalue weighted by Gasteiger charge is 2.27. The summed E-state index contributed by atoms with van der Waals surface area (Å²) in [5.74, 6) is -0.511. The van der Waals surface area contributed by atoms with Gasteiger partial charge in [0.25, 0.3) is 0 Å². The predicted molar refractivity (Wildman–Crippen MR) is 118 cm³/mol. The molecule has 0 spiro atoms. The number of carbonyl (C=O) groups is 3. The minimum Gasteiger partial charge on any atom is -0.497 e. The number of esters is 2. The highest BCUT2D eigenvalue weighted by atomic mass is 32.1. The van der Waals surface area contributed by atoms with Crippen LogP contribution in [-0.2, 0) is 14.3 Å². The number of ether oxygens (including phenoxy) is 4. The molecule has 1 aromatic heterocycles. The maximum Gasteiger partial charge on any atom is 0.348 e. The molecule has 0 atom stereocenters. The van der Waals surface area contributed by atoms with Gasteiger partial charge in [-0.2, -0.15) is 0 Å². The van der Waals surface area contributed by atoms with E-state index < -0.39 is 17.8 Å². The van der Waals surface area contributed by atoms with Crippen molar-refractivity contribution in [1.82, 2.24) is 0 Å². The molecule has 0 unspecified atom stereocenters. The molecule has 31 heavy (non-hydrogen) atoms. The maximum atomic E-state index is 12.5. The molecule has 8 nitrogen and oxygen atoms in total. The van der Waals surface area contributed by atoms with Crippen molar-refractivity contribution in [1.29, 1.82) is 0 Å². The Bertz CT molecular complexity index is 994. The van der Waals surface area contributed by atoms with Crippen molar-refractivity contribution in [2.45, 2.75) is 20.8 Å². The smallest absolute Gasteiger partial charge is 0.348 e. The quantitative estimate of drug-likeness (QED) is 0.457. The van der Waals surface area contributed by atoms with Crippen LogP contribution in [0.4, 0.5) is 5.00 Å². The van der Waals surface area contributed by atoms with Crippen LogP contribution in [0.3, 0.4) is 0 Å². The van der Waals surface area contributed by atoms with Crippen molar-refractivity contribution >= 4 is 40.3 Å². The fourth-order valence-corrected chi connectivity index (χ4v) is 3.81. The van der Waals surface area contributed by atoms with Gasteiger partial charge in [0.1, 0.15) is 21.4 Å². The molecular weight excluding hydrogens is 422 g/mol. The van der Waals surface area contributed by atoms with E-state index in [9.17, 15) is 14.4 Å².